The molecule has 0 saturated heterocycles. The molecule has 0 bridgehead atoms. The van der Waals surface area contributed by atoms with Crippen LogP contribution >= 0.6 is 34.5 Å². The smallest absolute Gasteiger partial charge is 0.272 e. The van der Waals surface area contributed by atoms with Crippen molar-refractivity contribution in [1.82, 2.24) is 9.13 Å². The van der Waals surface area contributed by atoms with Gasteiger partial charge in [0.15, 0.2) is 0 Å². The Labute approximate surface area is 167 Å². The SMILES string of the molecule is O=c1ccc2c(ccn2-c2c(Cl)cc([N+](=O)[O-])cc2Cl)n1Cc1cccs1. The van der Waals surface area contributed by atoms with E-state index in [2.05, 4.69) is 0 Å². The third-order valence-corrected chi connectivity index (χ3v) is 5.63. The molecule has 0 amide bonds. The van der Waals surface area contributed by atoms with E-state index in [0.29, 0.717) is 12.2 Å². The van der Waals surface area contributed by atoms with Crippen LogP contribution in [0.25, 0.3) is 16.7 Å². The maximum atomic E-state index is 12.4. The minimum absolute atomic E-state index is 0.116. The van der Waals surface area contributed by atoms with E-state index in [1.807, 2.05) is 17.5 Å². The van der Waals surface area contributed by atoms with Gasteiger partial charge in [0.05, 0.1) is 38.2 Å². The number of nitro groups is 1. The molecule has 4 aromatic rings. The van der Waals surface area contributed by atoms with Crippen LogP contribution in [0.5, 0.6) is 0 Å². The Morgan fingerprint density at radius 3 is 2.44 bits per heavy atom. The molecule has 0 aliphatic rings. The Kier molecular flexibility index (Phi) is 4.51. The lowest BCUT2D eigenvalue weighted by molar-refractivity contribution is -0.384. The maximum Gasteiger partial charge on any atom is 0.272 e. The highest BCUT2D eigenvalue weighted by molar-refractivity contribution is 7.09. The minimum Gasteiger partial charge on any atom is -0.312 e. The fourth-order valence-corrected chi connectivity index (χ4v) is 4.34. The number of hydrogen-bond acceptors (Lipinski definition) is 4. The molecule has 0 radical (unpaired) electrons. The highest BCUT2D eigenvalue weighted by Crippen LogP contribution is 2.35. The predicted octanol–water partition coefficient (Wildman–Crippen LogP) is 5.12. The number of nitro benzene ring substituents is 1. The van der Waals surface area contributed by atoms with Gasteiger partial charge >= 0.3 is 0 Å². The van der Waals surface area contributed by atoms with Crippen molar-refractivity contribution in [3.05, 3.63) is 89.4 Å². The Balaban J connectivity index is 1.90. The van der Waals surface area contributed by atoms with Crippen LogP contribution in [-0.4, -0.2) is 14.1 Å². The molecule has 0 fully saturated rings. The summed E-state index contributed by atoms with van der Waals surface area (Å²) in [7, 11) is 0. The Hall–Kier alpha value is -2.61. The summed E-state index contributed by atoms with van der Waals surface area (Å²) in [6.45, 7) is 0.458. The third-order valence-electron chi connectivity index (χ3n) is 4.19. The van der Waals surface area contributed by atoms with E-state index in [1.54, 1.807) is 38.8 Å². The molecule has 1 aromatic carbocycles. The second-order valence-corrected chi connectivity index (χ2v) is 7.66. The molecule has 0 atom stereocenters. The molecule has 27 heavy (non-hydrogen) atoms. The number of aromatic nitrogens is 2. The summed E-state index contributed by atoms with van der Waals surface area (Å²) in [5.41, 5.74) is 1.58. The van der Waals surface area contributed by atoms with Gasteiger partial charge in [0, 0.05) is 29.3 Å². The quantitative estimate of drug-likeness (QED) is 0.340. The summed E-state index contributed by atoms with van der Waals surface area (Å²) in [5.74, 6) is 0. The lowest BCUT2D eigenvalue weighted by atomic mass is 10.2. The third kappa shape index (κ3) is 3.14. The van der Waals surface area contributed by atoms with Crippen LogP contribution in [0.15, 0.2) is 58.8 Å². The van der Waals surface area contributed by atoms with Gasteiger partial charge in [-0.3, -0.25) is 14.9 Å². The van der Waals surface area contributed by atoms with Gasteiger partial charge in [-0.05, 0) is 23.6 Å². The van der Waals surface area contributed by atoms with Gasteiger partial charge in [-0.2, -0.15) is 0 Å². The van der Waals surface area contributed by atoms with E-state index < -0.39 is 4.92 Å². The van der Waals surface area contributed by atoms with Crippen LogP contribution in [-0.2, 0) is 6.54 Å². The number of fused-ring (bicyclic) bond motifs is 1. The van der Waals surface area contributed by atoms with Crippen LogP contribution in [0.3, 0.4) is 0 Å². The normalized spacial score (nSPS) is 11.2. The Morgan fingerprint density at radius 1 is 1.07 bits per heavy atom. The molecular formula is C18H11Cl2N3O3S. The fraction of sp³-hybridized carbons (Fsp3) is 0.0556. The van der Waals surface area contributed by atoms with Crippen LogP contribution in [0.4, 0.5) is 5.69 Å². The first kappa shape index (κ1) is 17.8. The van der Waals surface area contributed by atoms with Crippen LogP contribution < -0.4 is 5.56 Å². The number of benzene rings is 1. The summed E-state index contributed by atoms with van der Waals surface area (Å²) in [5, 5.41) is 13.3. The standard InChI is InChI=1S/C18H11Cl2N3O3S/c19-13-8-11(23(25)26)9-14(20)18(13)21-6-5-16-15(21)3-4-17(24)22(16)10-12-2-1-7-27-12/h1-9H,10H2. The Morgan fingerprint density at radius 2 is 1.81 bits per heavy atom. The van der Waals surface area contributed by atoms with Gasteiger partial charge < -0.3 is 9.13 Å². The first-order valence-corrected chi connectivity index (χ1v) is 9.46. The van der Waals surface area contributed by atoms with Gasteiger partial charge in [0.2, 0.25) is 0 Å². The first-order chi connectivity index (χ1) is 13.0. The van der Waals surface area contributed by atoms with Crippen LogP contribution in [0, 0.1) is 10.1 Å². The van der Waals surface area contributed by atoms with Gasteiger partial charge in [-0.1, -0.05) is 29.3 Å². The van der Waals surface area contributed by atoms with Crippen molar-refractivity contribution in [2.45, 2.75) is 6.54 Å². The summed E-state index contributed by atoms with van der Waals surface area (Å²) in [6, 6.07) is 11.4. The first-order valence-electron chi connectivity index (χ1n) is 7.83. The number of nitrogens with zero attached hydrogens (tertiary/aromatic N) is 3. The molecule has 0 aliphatic carbocycles. The van der Waals surface area contributed by atoms with Crippen molar-refractivity contribution in [3.8, 4) is 5.69 Å². The molecule has 3 heterocycles. The van der Waals surface area contributed by atoms with Crippen molar-refractivity contribution in [3.63, 3.8) is 0 Å². The molecule has 4 rings (SSSR count). The summed E-state index contributed by atoms with van der Waals surface area (Å²) in [6.07, 6.45) is 1.74. The highest BCUT2D eigenvalue weighted by atomic mass is 35.5. The molecule has 9 heteroatoms. The zero-order valence-electron chi connectivity index (χ0n) is 13.6. The average Bonchev–Trinajstić information content (AvgIpc) is 3.27. The lowest BCUT2D eigenvalue weighted by Crippen LogP contribution is -2.19. The molecule has 0 saturated carbocycles. The molecule has 0 spiro atoms. The molecule has 0 aliphatic heterocycles. The predicted molar refractivity (Wildman–Crippen MR) is 108 cm³/mol. The number of pyridine rings is 1. The fourth-order valence-electron chi connectivity index (χ4n) is 2.99. The largest absolute Gasteiger partial charge is 0.312 e. The second kappa shape index (κ2) is 6.84. The summed E-state index contributed by atoms with van der Waals surface area (Å²) >= 11 is 14.1. The van der Waals surface area contributed by atoms with Gasteiger partial charge in [-0.25, -0.2) is 0 Å². The average molecular weight is 420 g/mol. The summed E-state index contributed by atoms with van der Waals surface area (Å²) in [4.78, 5) is 23.9. The van der Waals surface area contributed by atoms with Crippen molar-refractivity contribution < 1.29 is 4.92 Å². The highest BCUT2D eigenvalue weighted by Gasteiger charge is 2.18. The van der Waals surface area contributed by atoms with Gasteiger partial charge in [0.1, 0.15) is 0 Å². The van der Waals surface area contributed by atoms with Crippen molar-refractivity contribution in [2.24, 2.45) is 0 Å². The summed E-state index contributed by atoms with van der Waals surface area (Å²) < 4.78 is 3.40. The number of rotatable bonds is 4. The van der Waals surface area contributed by atoms with E-state index in [0.717, 1.165) is 15.9 Å². The number of halogens is 2. The molecule has 6 nitrogen and oxygen atoms in total. The van der Waals surface area contributed by atoms with Crippen molar-refractivity contribution >= 4 is 51.3 Å². The van der Waals surface area contributed by atoms with Crippen molar-refractivity contribution in [2.75, 3.05) is 0 Å². The van der Waals surface area contributed by atoms with E-state index in [4.69, 9.17) is 23.2 Å². The van der Waals surface area contributed by atoms with E-state index in [-0.39, 0.29) is 21.3 Å². The van der Waals surface area contributed by atoms with Crippen LogP contribution in [0.2, 0.25) is 10.0 Å². The minimum atomic E-state index is -0.548. The molecule has 3 aromatic heterocycles. The van der Waals surface area contributed by atoms with E-state index in [1.165, 1.54) is 18.2 Å². The van der Waals surface area contributed by atoms with Crippen molar-refractivity contribution in [1.29, 1.82) is 0 Å². The lowest BCUT2D eigenvalue weighted by Gasteiger charge is -2.11. The zero-order valence-corrected chi connectivity index (χ0v) is 16.0. The molecule has 136 valence electrons. The number of hydrogen-bond donors (Lipinski definition) is 0. The second-order valence-electron chi connectivity index (χ2n) is 5.81. The number of non-ortho nitro benzene ring substituents is 1. The van der Waals surface area contributed by atoms with Crippen LogP contribution in [0.1, 0.15) is 4.88 Å². The monoisotopic (exact) mass is 419 g/mol. The number of thiophene rings is 1. The van der Waals surface area contributed by atoms with E-state index in [9.17, 15) is 14.9 Å². The Bertz CT molecular complexity index is 1210. The topological polar surface area (TPSA) is 70.1 Å². The maximum absolute atomic E-state index is 12.4. The zero-order chi connectivity index (χ0) is 19.1. The molecule has 0 unspecified atom stereocenters. The van der Waals surface area contributed by atoms with Gasteiger partial charge in [0.25, 0.3) is 11.2 Å². The van der Waals surface area contributed by atoms with E-state index >= 15 is 0 Å². The molecular weight excluding hydrogens is 409 g/mol. The van der Waals surface area contributed by atoms with Gasteiger partial charge in [-0.15, -0.1) is 11.3 Å². The molecule has 0 N–H and O–H groups in total.